The van der Waals surface area contributed by atoms with E-state index >= 15 is 4.39 Å². The van der Waals surface area contributed by atoms with Crippen LogP contribution in [0, 0.1) is 5.92 Å². The van der Waals surface area contributed by atoms with Gasteiger partial charge < -0.3 is 9.47 Å². The largest absolute Gasteiger partial charge is 0.493 e. The van der Waals surface area contributed by atoms with Gasteiger partial charge in [-0.05, 0) is 55.4 Å². The predicted molar refractivity (Wildman–Crippen MR) is 110 cm³/mol. The topological polar surface area (TPSA) is 21.7 Å². The van der Waals surface area contributed by atoms with Crippen LogP contribution < -0.4 is 9.47 Å². The molecule has 3 nitrogen and oxygen atoms in total. The summed E-state index contributed by atoms with van der Waals surface area (Å²) in [4.78, 5) is 2.66. The number of benzene rings is 2. The van der Waals surface area contributed by atoms with E-state index in [1.165, 1.54) is 16.7 Å². The summed E-state index contributed by atoms with van der Waals surface area (Å²) in [5.74, 6) is 1.79. The van der Waals surface area contributed by atoms with Gasteiger partial charge in [-0.25, -0.2) is 4.39 Å². The van der Waals surface area contributed by atoms with Gasteiger partial charge in [0.05, 0.1) is 7.11 Å². The third kappa shape index (κ3) is 2.16. The van der Waals surface area contributed by atoms with Gasteiger partial charge in [0.1, 0.15) is 5.83 Å². The molecule has 2 aliphatic heterocycles. The minimum Gasteiger partial charge on any atom is -0.493 e. The Morgan fingerprint density at radius 3 is 2.83 bits per heavy atom. The number of piperidine rings is 1. The smallest absolute Gasteiger partial charge is 0.166 e. The van der Waals surface area contributed by atoms with Gasteiger partial charge in [-0.1, -0.05) is 36.4 Å². The molecule has 2 aliphatic carbocycles. The van der Waals surface area contributed by atoms with Crippen LogP contribution in [0.25, 0.3) is 0 Å². The minimum atomic E-state index is -0.497. The molecule has 150 valence electrons. The maximum absolute atomic E-state index is 15.1. The first-order valence-corrected chi connectivity index (χ1v) is 10.7. The molecule has 0 saturated carbocycles. The second-order valence-electron chi connectivity index (χ2n) is 8.95. The Hall–Kier alpha value is -2.33. The summed E-state index contributed by atoms with van der Waals surface area (Å²) in [5.41, 5.74) is 3.64. The van der Waals surface area contributed by atoms with Crippen molar-refractivity contribution in [2.45, 2.75) is 49.8 Å². The van der Waals surface area contributed by atoms with Crippen LogP contribution in [-0.2, 0) is 11.8 Å². The summed E-state index contributed by atoms with van der Waals surface area (Å²) in [5, 5.41) is 0. The molecule has 0 aromatic heterocycles. The molecule has 6 rings (SSSR count). The first kappa shape index (κ1) is 17.5. The van der Waals surface area contributed by atoms with Gasteiger partial charge in [-0.3, -0.25) is 4.90 Å². The fraction of sp³-hybridized carbons (Fsp3) is 0.440. The molecule has 1 unspecified atom stereocenters. The maximum Gasteiger partial charge on any atom is 0.166 e. The van der Waals surface area contributed by atoms with E-state index in [4.69, 9.17) is 9.47 Å². The van der Waals surface area contributed by atoms with Crippen molar-refractivity contribution in [3.63, 3.8) is 0 Å². The zero-order chi connectivity index (χ0) is 19.8. The number of nitrogens with zero attached hydrogens (tertiary/aromatic N) is 1. The molecule has 1 fully saturated rings. The molecule has 4 aliphatic rings. The summed E-state index contributed by atoms with van der Waals surface area (Å²) in [6, 6.07) is 15.6. The van der Waals surface area contributed by atoms with Crippen molar-refractivity contribution >= 4 is 0 Å². The summed E-state index contributed by atoms with van der Waals surface area (Å²) in [6.07, 6.45) is 3.97. The Morgan fingerprint density at radius 2 is 2.03 bits per heavy atom. The van der Waals surface area contributed by atoms with Crippen molar-refractivity contribution in [1.82, 2.24) is 4.90 Å². The second kappa shape index (κ2) is 6.09. The van der Waals surface area contributed by atoms with Crippen LogP contribution in [-0.4, -0.2) is 30.7 Å². The van der Waals surface area contributed by atoms with E-state index in [9.17, 15) is 0 Å². The minimum absolute atomic E-state index is 0.101. The molecule has 2 aromatic carbocycles. The first-order valence-electron chi connectivity index (χ1n) is 10.7. The van der Waals surface area contributed by atoms with E-state index < -0.39 is 6.10 Å². The van der Waals surface area contributed by atoms with Gasteiger partial charge in [0.2, 0.25) is 0 Å². The van der Waals surface area contributed by atoms with Crippen molar-refractivity contribution in [3.8, 4) is 11.5 Å². The van der Waals surface area contributed by atoms with Gasteiger partial charge >= 0.3 is 0 Å². The Labute approximate surface area is 171 Å². The van der Waals surface area contributed by atoms with Crippen LogP contribution in [0.15, 0.2) is 54.4 Å². The summed E-state index contributed by atoms with van der Waals surface area (Å²) in [7, 11) is 1.67. The molecule has 0 N–H and O–H groups in total. The number of allylic oxidation sites excluding steroid dienone is 1. The van der Waals surface area contributed by atoms with Crippen molar-refractivity contribution < 1.29 is 13.9 Å². The highest BCUT2D eigenvalue weighted by Gasteiger charge is 2.65. The van der Waals surface area contributed by atoms with Crippen LogP contribution in [0.1, 0.15) is 42.5 Å². The Kier molecular flexibility index (Phi) is 3.68. The number of ether oxygens (including phenoxy) is 2. The van der Waals surface area contributed by atoms with Gasteiger partial charge in [-0.2, -0.15) is 0 Å². The fourth-order valence-electron chi connectivity index (χ4n) is 6.70. The van der Waals surface area contributed by atoms with Gasteiger partial charge in [0.15, 0.2) is 17.6 Å². The zero-order valence-electron chi connectivity index (χ0n) is 16.9. The molecule has 2 bridgehead atoms. The molecule has 1 saturated heterocycles. The molecule has 4 heteroatoms. The highest BCUT2D eigenvalue weighted by Crippen LogP contribution is 2.64. The lowest BCUT2D eigenvalue weighted by atomic mass is 9.53. The van der Waals surface area contributed by atoms with Crippen LogP contribution in [0.4, 0.5) is 4.39 Å². The molecule has 2 heterocycles. The number of rotatable bonds is 3. The van der Waals surface area contributed by atoms with E-state index in [2.05, 4.69) is 48.2 Å². The van der Waals surface area contributed by atoms with E-state index in [0.29, 0.717) is 18.0 Å². The monoisotopic (exact) mass is 391 g/mol. The quantitative estimate of drug-likeness (QED) is 0.738. The van der Waals surface area contributed by atoms with Crippen LogP contribution in [0.2, 0.25) is 0 Å². The Balaban J connectivity index is 1.50. The SMILES string of the molecule is COc1ccc2c3c1O[C@H]1C(F)=CC[C@H]4[C@@H](C2)N(C(C)c2ccccc2)CC[C@]314. The first-order chi connectivity index (χ1) is 14.1. The molecule has 1 spiro atoms. The van der Waals surface area contributed by atoms with E-state index in [1.54, 1.807) is 13.2 Å². The fourth-order valence-corrected chi connectivity index (χ4v) is 6.70. The molecule has 0 amide bonds. The molecule has 0 radical (unpaired) electrons. The second-order valence-corrected chi connectivity index (χ2v) is 8.95. The summed E-state index contributed by atoms with van der Waals surface area (Å²) >= 11 is 0. The number of hydrogen-bond acceptors (Lipinski definition) is 3. The highest BCUT2D eigenvalue weighted by molar-refractivity contribution is 5.62. The molecule has 5 atom stereocenters. The average molecular weight is 391 g/mol. The van der Waals surface area contributed by atoms with Crippen LogP contribution in [0.3, 0.4) is 0 Å². The number of methoxy groups -OCH3 is 1. The standard InChI is InChI=1S/C25H26FNO2/c1-15(16-6-4-3-5-7-16)27-13-12-25-18-9-10-19(26)24(25)29-23-21(28-2)11-8-17(22(23)25)14-20(18)27/h3-8,10-11,15,18,20,24H,9,12-14H2,1-2H3/t15?,18-,20+,24-,25-/m0/s1. The van der Waals surface area contributed by atoms with Crippen molar-refractivity contribution in [2.24, 2.45) is 5.92 Å². The number of hydrogen-bond donors (Lipinski definition) is 0. The highest BCUT2D eigenvalue weighted by atomic mass is 19.1. The third-order valence-electron chi connectivity index (χ3n) is 7.96. The lowest BCUT2D eigenvalue weighted by molar-refractivity contribution is -0.0427. The molecular weight excluding hydrogens is 365 g/mol. The van der Waals surface area contributed by atoms with Gasteiger partial charge in [-0.15, -0.1) is 0 Å². The molecule has 2 aromatic rings. The van der Waals surface area contributed by atoms with E-state index in [0.717, 1.165) is 37.3 Å². The van der Waals surface area contributed by atoms with Crippen LogP contribution >= 0.6 is 0 Å². The van der Waals surface area contributed by atoms with Gasteiger partial charge in [0, 0.05) is 29.6 Å². The van der Waals surface area contributed by atoms with Crippen molar-refractivity contribution in [2.75, 3.05) is 13.7 Å². The Bertz CT molecular complexity index is 1000. The summed E-state index contributed by atoms with van der Waals surface area (Å²) in [6.45, 7) is 3.27. The van der Waals surface area contributed by atoms with Crippen molar-refractivity contribution in [1.29, 1.82) is 0 Å². The maximum atomic E-state index is 15.1. The average Bonchev–Trinajstić information content (AvgIpc) is 3.10. The lowest BCUT2D eigenvalue weighted by Gasteiger charge is -2.58. The zero-order valence-corrected chi connectivity index (χ0v) is 16.9. The third-order valence-corrected chi connectivity index (χ3v) is 7.96. The van der Waals surface area contributed by atoms with E-state index in [-0.39, 0.29) is 11.2 Å². The van der Waals surface area contributed by atoms with Gasteiger partial charge in [0.25, 0.3) is 0 Å². The number of likely N-dealkylation sites (tertiary alicyclic amines) is 1. The van der Waals surface area contributed by atoms with E-state index in [1.807, 2.05) is 6.07 Å². The predicted octanol–water partition coefficient (Wildman–Crippen LogP) is 4.96. The Morgan fingerprint density at radius 1 is 1.21 bits per heavy atom. The molecular formula is C25H26FNO2. The summed E-state index contributed by atoms with van der Waals surface area (Å²) < 4.78 is 26.9. The van der Waals surface area contributed by atoms with Crippen molar-refractivity contribution in [3.05, 3.63) is 71.1 Å². The normalized spacial score (nSPS) is 32.8. The lowest BCUT2D eigenvalue weighted by Crippen LogP contribution is -2.64. The molecule has 29 heavy (non-hydrogen) atoms. The number of halogens is 1. The van der Waals surface area contributed by atoms with Crippen LogP contribution in [0.5, 0.6) is 11.5 Å².